The average Bonchev–Trinajstić information content (AvgIpc) is 2.75. The smallest absolute Gasteiger partial charge is 0.179 e. The van der Waals surface area contributed by atoms with Crippen molar-refractivity contribution in [3.63, 3.8) is 0 Å². The Labute approximate surface area is 111 Å². The molecule has 0 bridgehead atoms. The van der Waals surface area contributed by atoms with E-state index in [1.807, 2.05) is 12.1 Å². The first-order valence-corrected chi connectivity index (χ1v) is 6.58. The molecule has 18 heavy (non-hydrogen) atoms. The number of ether oxygens (including phenoxy) is 2. The first-order chi connectivity index (χ1) is 8.72. The maximum absolute atomic E-state index is 9.51. The number of likely N-dealkylation sites (tertiary alicyclic amines) is 1. The zero-order chi connectivity index (χ0) is 12.5. The van der Waals surface area contributed by atoms with Gasteiger partial charge in [-0.05, 0) is 24.1 Å². The van der Waals surface area contributed by atoms with E-state index in [0.29, 0.717) is 24.0 Å². The van der Waals surface area contributed by atoms with Crippen molar-refractivity contribution in [2.24, 2.45) is 0 Å². The van der Waals surface area contributed by atoms with E-state index in [2.05, 4.69) is 4.90 Å². The highest BCUT2D eigenvalue weighted by atomic mass is 35.5. The van der Waals surface area contributed by atoms with Gasteiger partial charge >= 0.3 is 0 Å². The van der Waals surface area contributed by atoms with Crippen molar-refractivity contribution in [3.05, 3.63) is 22.7 Å². The third-order valence-electron chi connectivity index (χ3n) is 3.31. The number of halogens is 1. The standard InChI is InChI=1S/C13H16ClNO3/c14-11-5-9(7-15-2-1-10(16)8-15)6-12-13(11)18-4-3-17-12/h5-6,10,16H,1-4,7-8H2. The van der Waals surface area contributed by atoms with Crippen LogP contribution in [-0.4, -0.2) is 42.4 Å². The van der Waals surface area contributed by atoms with Gasteiger partial charge in [-0.1, -0.05) is 11.6 Å². The largest absolute Gasteiger partial charge is 0.486 e. The van der Waals surface area contributed by atoms with Crippen LogP contribution in [0.25, 0.3) is 0 Å². The number of β-amino-alcohol motifs (C(OH)–C–C–N with tert-alkyl or cyclic N) is 1. The fourth-order valence-electron chi connectivity index (χ4n) is 2.47. The minimum atomic E-state index is -0.197. The van der Waals surface area contributed by atoms with Crippen LogP contribution in [0.15, 0.2) is 12.1 Å². The van der Waals surface area contributed by atoms with Gasteiger partial charge < -0.3 is 14.6 Å². The van der Waals surface area contributed by atoms with Crippen molar-refractivity contribution in [3.8, 4) is 11.5 Å². The number of rotatable bonds is 2. The fourth-order valence-corrected chi connectivity index (χ4v) is 2.76. The molecule has 1 atom stereocenters. The predicted molar refractivity (Wildman–Crippen MR) is 68.3 cm³/mol. The number of aliphatic hydroxyl groups is 1. The Balaban J connectivity index is 1.78. The van der Waals surface area contributed by atoms with Gasteiger partial charge in [0.1, 0.15) is 13.2 Å². The molecule has 1 aromatic rings. The predicted octanol–water partition coefficient (Wildman–Crippen LogP) is 1.68. The molecule has 2 aliphatic heterocycles. The molecule has 1 N–H and O–H groups in total. The van der Waals surface area contributed by atoms with Gasteiger partial charge in [-0.15, -0.1) is 0 Å². The summed E-state index contributed by atoms with van der Waals surface area (Å²) in [6.45, 7) is 3.55. The first kappa shape index (κ1) is 12.1. The summed E-state index contributed by atoms with van der Waals surface area (Å²) in [5, 5.41) is 10.1. The summed E-state index contributed by atoms with van der Waals surface area (Å²) < 4.78 is 11.0. The van der Waals surface area contributed by atoms with Crippen LogP contribution in [0, 0.1) is 0 Å². The Bertz CT molecular complexity index is 452. The molecule has 0 amide bonds. The maximum Gasteiger partial charge on any atom is 0.179 e. The Hall–Kier alpha value is -0.970. The van der Waals surface area contributed by atoms with Crippen LogP contribution in [-0.2, 0) is 6.54 Å². The van der Waals surface area contributed by atoms with Crippen molar-refractivity contribution in [1.29, 1.82) is 0 Å². The summed E-state index contributed by atoms with van der Waals surface area (Å²) in [5.41, 5.74) is 1.10. The highest BCUT2D eigenvalue weighted by molar-refractivity contribution is 6.32. The maximum atomic E-state index is 9.51. The lowest BCUT2D eigenvalue weighted by molar-refractivity contribution is 0.169. The van der Waals surface area contributed by atoms with Crippen LogP contribution in [0.4, 0.5) is 0 Å². The van der Waals surface area contributed by atoms with Crippen LogP contribution in [0.5, 0.6) is 11.5 Å². The van der Waals surface area contributed by atoms with Crippen molar-refractivity contribution in [1.82, 2.24) is 4.90 Å². The molecular formula is C13H16ClNO3. The normalized spacial score (nSPS) is 23.3. The van der Waals surface area contributed by atoms with Gasteiger partial charge in [0.2, 0.25) is 0 Å². The number of benzene rings is 1. The van der Waals surface area contributed by atoms with Crippen LogP contribution in [0.3, 0.4) is 0 Å². The lowest BCUT2D eigenvalue weighted by Crippen LogP contribution is -2.22. The topological polar surface area (TPSA) is 41.9 Å². The summed E-state index contributed by atoms with van der Waals surface area (Å²) >= 11 is 6.19. The van der Waals surface area contributed by atoms with Crippen molar-refractivity contribution < 1.29 is 14.6 Å². The molecule has 0 radical (unpaired) electrons. The zero-order valence-electron chi connectivity index (χ0n) is 10.1. The molecule has 2 heterocycles. The molecular weight excluding hydrogens is 254 g/mol. The van der Waals surface area contributed by atoms with E-state index in [1.165, 1.54) is 0 Å². The number of aliphatic hydroxyl groups excluding tert-OH is 1. The Morgan fingerprint density at radius 3 is 2.94 bits per heavy atom. The molecule has 1 unspecified atom stereocenters. The van der Waals surface area contributed by atoms with E-state index in [9.17, 15) is 5.11 Å². The monoisotopic (exact) mass is 269 g/mol. The molecule has 0 spiro atoms. The fraction of sp³-hybridized carbons (Fsp3) is 0.538. The van der Waals surface area contributed by atoms with Gasteiger partial charge in [-0.3, -0.25) is 4.90 Å². The van der Waals surface area contributed by atoms with Gasteiger partial charge in [0.25, 0.3) is 0 Å². The lowest BCUT2D eigenvalue weighted by atomic mass is 10.2. The van der Waals surface area contributed by atoms with E-state index in [-0.39, 0.29) is 6.10 Å². The van der Waals surface area contributed by atoms with E-state index >= 15 is 0 Å². The molecule has 2 aliphatic rings. The summed E-state index contributed by atoms with van der Waals surface area (Å²) in [5.74, 6) is 1.37. The SMILES string of the molecule is OC1CCN(Cc2cc(Cl)c3c(c2)OCCO3)C1. The van der Waals surface area contributed by atoms with Gasteiger partial charge in [-0.2, -0.15) is 0 Å². The molecule has 0 aromatic heterocycles. The molecule has 5 heteroatoms. The van der Waals surface area contributed by atoms with Gasteiger partial charge in [0.15, 0.2) is 11.5 Å². The molecule has 1 saturated heterocycles. The summed E-state index contributed by atoms with van der Waals surface area (Å²) in [7, 11) is 0. The van der Waals surface area contributed by atoms with E-state index < -0.39 is 0 Å². The van der Waals surface area contributed by atoms with Crippen molar-refractivity contribution in [2.45, 2.75) is 19.1 Å². The Morgan fingerprint density at radius 2 is 2.17 bits per heavy atom. The molecule has 1 aromatic carbocycles. The average molecular weight is 270 g/mol. The van der Waals surface area contributed by atoms with Gasteiger partial charge in [0.05, 0.1) is 11.1 Å². The van der Waals surface area contributed by atoms with E-state index in [0.717, 1.165) is 37.4 Å². The molecule has 4 nitrogen and oxygen atoms in total. The van der Waals surface area contributed by atoms with Crippen molar-refractivity contribution in [2.75, 3.05) is 26.3 Å². The minimum absolute atomic E-state index is 0.197. The van der Waals surface area contributed by atoms with Crippen LogP contribution in [0.2, 0.25) is 5.02 Å². The third kappa shape index (κ3) is 2.41. The second-order valence-electron chi connectivity index (χ2n) is 4.78. The van der Waals surface area contributed by atoms with Gasteiger partial charge in [-0.25, -0.2) is 0 Å². The van der Waals surface area contributed by atoms with Gasteiger partial charge in [0, 0.05) is 19.6 Å². The molecule has 1 fully saturated rings. The summed E-state index contributed by atoms with van der Waals surface area (Å²) in [6, 6.07) is 3.89. The summed E-state index contributed by atoms with van der Waals surface area (Å²) in [6.07, 6.45) is 0.649. The highest BCUT2D eigenvalue weighted by Crippen LogP contribution is 2.38. The third-order valence-corrected chi connectivity index (χ3v) is 3.59. The first-order valence-electron chi connectivity index (χ1n) is 6.21. The molecule has 98 valence electrons. The van der Waals surface area contributed by atoms with Crippen molar-refractivity contribution >= 4 is 11.6 Å². The zero-order valence-corrected chi connectivity index (χ0v) is 10.8. The number of hydrogen-bond acceptors (Lipinski definition) is 4. The van der Waals surface area contributed by atoms with Crippen LogP contribution in [0.1, 0.15) is 12.0 Å². The quantitative estimate of drug-likeness (QED) is 0.887. The summed E-state index contributed by atoms with van der Waals surface area (Å²) in [4.78, 5) is 2.21. The van der Waals surface area contributed by atoms with E-state index in [1.54, 1.807) is 0 Å². The Kier molecular flexibility index (Phi) is 3.33. The second-order valence-corrected chi connectivity index (χ2v) is 5.19. The molecule has 0 saturated carbocycles. The lowest BCUT2D eigenvalue weighted by Gasteiger charge is -2.21. The number of fused-ring (bicyclic) bond motifs is 1. The van der Waals surface area contributed by atoms with Crippen LogP contribution < -0.4 is 9.47 Å². The highest BCUT2D eigenvalue weighted by Gasteiger charge is 2.22. The number of nitrogens with zero attached hydrogens (tertiary/aromatic N) is 1. The second kappa shape index (κ2) is 4.96. The minimum Gasteiger partial charge on any atom is -0.486 e. The number of hydrogen-bond donors (Lipinski definition) is 1. The molecule has 0 aliphatic carbocycles. The molecule has 3 rings (SSSR count). The Morgan fingerprint density at radius 1 is 1.33 bits per heavy atom. The van der Waals surface area contributed by atoms with E-state index in [4.69, 9.17) is 21.1 Å². The van der Waals surface area contributed by atoms with Crippen LogP contribution >= 0.6 is 11.6 Å².